The van der Waals surface area contributed by atoms with Gasteiger partial charge in [-0.3, -0.25) is 0 Å². The standard InChI is InChI=1S/C15H17N3O/c1-9-5-14-15(6-10(9)2)18(8-16-14)7-13-11(3)17-19-12(13)4/h5-6,8H,7H2,1-4H3. The second-order valence-corrected chi connectivity index (χ2v) is 5.10. The Morgan fingerprint density at radius 2 is 1.84 bits per heavy atom. The monoisotopic (exact) mass is 255 g/mol. The van der Waals surface area contributed by atoms with Gasteiger partial charge in [-0.15, -0.1) is 0 Å². The molecule has 0 aliphatic rings. The van der Waals surface area contributed by atoms with E-state index < -0.39 is 0 Å². The molecule has 0 radical (unpaired) electrons. The van der Waals surface area contributed by atoms with E-state index in [1.165, 1.54) is 11.1 Å². The Morgan fingerprint density at radius 3 is 2.53 bits per heavy atom. The first-order valence-electron chi connectivity index (χ1n) is 6.40. The minimum Gasteiger partial charge on any atom is -0.361 e. The number of rotatable bonds is 2. The smallest absolute Gasteiger partial charge is 0.138 e. The average molecular weight is 255 g/mol. The molecule has 0 aliphatic carbocycles. The van der Waals surface area contributed by atoms with Crippen molar-refractivity contribution in [2.75, 3.05) is 0 Å². The Kier molecular flexibility index (Phi) is 2.66. The van der Waals surface area contributed by atoms with Gasteiger partial charge in [0.15, 0.2) is 0 Å². The van der Waals surface area contributed by atoms with Crippen LogP contribution in [-0.2, 0) is 6.54 Å². The third-order valence-corrected chi connectivity index (χ3v) is 3.75. The van der Waals surface area contributed by atoms with Crippen molar-refractivity contribution >= 4 is 11.0 Å². The largest absolute Gasteiger partial charge is 0.361 e. The summed E-state index contributed by atoms with van der Waals surface area (Å²) in [6, 6.07) is 4.32. The molecule has 0 unspecified atom stereocenters. The number of hydrogen-bond acceptors (Lipinski definition) is 3. The van der Waals surface area contributed by atoms with E-state index in [9.17, 15) is 0 Å². The molecule has 2 aromatic heterocycles. The molecule has 4 heteroatoms. The number of fused-ring (bicyclic) bond motifs is 1. The summed E-state index contributed by atoms with van der Waals surface area (Å²) >= 11 is 0. The van der Waals surface area contributed by atoms with Crippen molar-refractivity contribution < 1.29 is 4.52 Å². The van der Waals surface area contributed by atoms with Crippen molar-refractivity contribution in [1.82, 2.24) is 14.7 Å². The summed E-state index contributed by atoms with van der Waals surface area (Å²) in [4.78, 5) is 4.47. The summed E-state index contributed by atoms with van der Waals surface area (Å²) in [5, 5.41) is 4.00. The van der Waals surface area contributed by atoms with Crippen molar-refractivity contribution in [1.29, 1.82) is 0 Å². The van der Waals surface area contributed by atoms with Crippen LogP contribution in [0.3, 0.4) is 0 Å². The minimum atomic E-state index is 0.750. The van der Waals surface area contributed by atoms with Crippen molar-refractivity contribution in [3.05, 3.63) is 46.6 Å². The molecular formula is C15H17N3O. The summed E-state index contributed by atoms with van der Waals surface area (Å²) in [5.41, 5.74) is 6.83. The van der Waals surface area contributed by atoms with Crippen LogP contribution in [-0.4, -0.2) is 14.7 Å². The molecule has 0 spiro atoms. The van der Waals surface area contributed by atoms with E-state index in [1.807, 2.05) is 20.2 Å². The quantitative estimate of drug-likeness (QED) is 0.705. The van der Waals surface area contributed by atoms with Gasteiger partial charge >= 0.3 is 0 Å². The van der Waals surface area contributed by atoms with Crippen LogP contribution in [0, 0.1) is 27.7 Å². The zero-order chi connectivity index (χ0) is 13.6. The lowest BCUT2D eigenvalue weighted by Gasteiger charge is -2.05. The third-order valence-electron chi connectivity index (χ3n) is 3.75. The third kappa shape index (κ3) is 1.93. The molecule has 0 atom stereocenters. The van der Waals surface area contributed by atoms with Gasteiger partial charge in [0, 0.05) is 5.56 Å². The molecule has 19 heavy (non-hydrogen) atoms. The predicted octanol–water partition coefficient (Wildman–Crippen LogP) is 3.31. The molecule has 0 saturated carbocycles. The Morgan fingerprint density at radius 1 is 1.11 bits per heavy atom. The maximum absolute atomic E-state index is 5.22. The Hall–Kier alpha value is -2.10. The van der Waals surface area contributed by atoms with Gasteiger partial charge in [0.05, 0.1) is 29.6 Å². The molecule has 2 heterocycles. The topological polar surface area (TPSA) is 43.9 Å². The van der Waals surface area contributed by atoms with E-state index >= 15 is 0 Å². The normalized spacial score (nSPS) is 11.4. The second kappa shape index (κ2) is 4.23. The lowest BCUT2D eigenvalue weighted by molar-refractivity contribution is 0.392. The Bertz CT molecular complexity index is 733. The molecule has 3 aromatic rings. The summed E-state index contributed by atoms with van der Waals surface area (Å²) < 4.78 is 7.36. The van der Waals surface area contributed by atoms with E-state index in [4.69, 9.17) is 4.52 Å². The molecule has 0 fully saturated rings. The molecule has 0 amide bonds. The van der Waals surface area contributed by atoms with Crippen LogP contribution < -0.4 is 0 Å². The van der Waals surface area contributed by atoms with Gasteiger partial charge in [-0.2, -0.15) is 0 Å². The van der Waals surface area contributed by atoms with Crippen LogP contribution in [0.15, 0.2) is 23.0 Å². The van der Waals surface area contributed by atoms with Crippen LogP contribution in [0.2, 0.25) is 0 Å². The molecule has 3 rings (SSSR count). The van der Waals surface area contributed by atoms with E-state index in [-0.39, 0.29) is 0 Å². The number of aromatic nitrogens is 3. The fourth-order valence-corrected chi connectivity index (χ4v) is 2.34. The van der Waals surface area contributed by atoms with Gasteiger partial charge in [-0.1, -0.05) is 5.16 Å². The number of imidazole rings is 1. The van der Waals surface area contributed by atoms with Crippen LogP contribution in [0.5, 0.6) is 0 Å². The number of hydrogen-bond donors (Lipinski definition) is 0. The molecule has 1 aromatic carbocycles. The van der Waals surface area contributed by atoms with Crippen molar-refractivity contribution in [2.45, 2.75) is 34.2 Å². The number of nitrogens with zero attached hydrogens (tertiary/aromatic N) is 3. The molecular weight excluding hydrogens is 238 g/mol. The zero-order valence-corrected chi connectivity index (χ0v) is 11.7. The van der Waals surface area contributed by atoms with E-state index in [0.717, 1.165) is 34.6 Å². The van der Waals surface area contributed by atoms with Crippen molar-refractivity contribution in [2.24, 2.45) is 0 Å². The van der Waals surface area contributed by atoms with Gasteiger partial charge in [0.2, 0.25) is 0 Å². The van der Waals surface area contributed by atoms with Crippen LogP contribution in [0.25, 0.3) is 11.0 Å². The molecule has 0 aliphatic heterocycles. The van der Waals surface area contributed by atoms with Gasteiger partial charge in [-0.25, -0.2) is 4.98 Å². The maximum atomic E-state index is 5.22. The number of benzene rings is 1. The molecule has 4 nitrogen and oxygen atoms in total. The SMILES string of the molecule is Cc1cc2ncn(Cc3c(C)noc3C)c2cc1C. The fourth-order valence-electron chi connectivity index (χ4n) is 2.34. The van der Waals surface area contributed by atoms with Gasteiger partial charge in [0.25, 0.3) is 0 Å². The summed E-state index contributed by atoms with van der Waals surface area (Å²) in [5.74, 6) is 0.878. The van der Waals surface area contributed by atoms with Gasteiger partial charge < -0.3 is 9.09 Å². The van der Waals surface area contributed by atoms with Crippen LogP contribution in [0.1, 0.15) is 28.1 Å². The summed E-state index contributed by atoms with van der Waals surface area (Å²) in [7, 11) is 0. The number of aryl methyl sites for hydroxylation is 4. The second-order valence-electron chi connectivity index (χ2n) is 5.10. The highest BCUT2D eigenvalue weighted by Gasteiger charge is 2.12. The summed E-state index contributed by atoms with van der Waals surface area (Å²) in [6.45, 7) is 8.91. The highest BCUT2D eigenvalue weighted by atomic mass is 16.5. The summed E-state index contributed by atoms with van der Waals surface area (Å²) in [6.07, 6.45) is 1.88. The van der Waals surface area contributed by atoms with Crippen LogP contribution in [0.4, 0.5) is 0 Å². The average Bonchev–Trinajstić information content (AvgIpc) is 2.89. The maximum Gasteiger partial charge on any atom is 0.138 e. The Labute approximate surface area is 112 Å². The lowest BCUT2D eigenvalue weighted by atomic mass is 10.1. The van der Waals surface area contributed by atoms with Gasteiger partial charge in [0.1, 0.15) is 5.76 Å². The molecule has 98 valence electrons. The molecule has 0 N–H and O–H groups in total. The van der Waals surface area contributed by atoms with E-state index in [2.05, 4.69) is 40.7 Å². The highest BCUT2D eigenvalue weighted by molar-refractivity contribution is 5.77. The Balaban J connectivity index is 2.09. The predicted molar refractivity (Wildman–Crippen MR) is 74.3 cm³/mol. The molecule has 0 bridgehead atoms. The zero-order valence-electron chi connectivity index (χ0n) is 11.7. The molecule has 0 saturated heterocycles. The lowest BCUT2D eigenvalue weighted by Crippen LogP contribution is -2.00. The first kappa shape index (κ1) is 12.0. The van der Waals surface area contributed by atoms with E-state index in [0.29, 0.717) is 0 Å². The van der Waals surface area contributed by atoms with Crippen molar-refractivity contribution in [3.63, 3.8) is 0 Å². The fraction of sp³-hybridized carbons (Fsp3) is 0.333. The van der Waals surface area contributed by atoms with E-state index in [1.54, 1.807) is 0 Å². The van der Waals surface area contributed by atoms with Gasteiger partial charge in [-0.05, 0) is 51.0 Å². The minimum absolute atomic E-state index is 0.750. The first-order chi connectivity index (χ1) is 9.06. The van der Waals surface area contributed by atoms with Crippen LogP contribution >= 0.6 is 0 Å². The highest BCUT2D eigenvalue weighted by Crippen LogP contribution is 2.21. The first-order valence-corrected chi connectivity index (χ1v) is 6.40. The van der Waals surface area contributed by atoms with Crippen molar-refractivity contribution in [3.8, 4) is 0 Å².